The lowest BCUT2D eigenvalue weighted by atomic mass is 9.88. The van der Waals surface area contributed by atoms with Crippen LogP contribution >= 0.6 is 0 Å². The summed E-state index contributed by atoms with van der Waals surface area (Å²) in [7, 11) is 0.0311. The van der Waals surface area contributed by atoms with Crippen LogP contribution < -0.4 is 34.6 Å². The van der Waals surface area contributed by atoms with Crippen LogP contribution in [-0.2, 0) is 33.1 Å². The van der Waals surface area contributed by atoms with Gasteiger partial charge in [0.2, 0.25) is 21.9 Å². The van der Waals surface area contributed by atoms with Crippen LogP contribution in [0.1, 0.15) is 168 Å². The summed E-state index contributed by atoms with van der Waals surface area (Å²) in [5, 5.41) is 71.8. The molecule has 4 aliphatic rings. The third kappa shape index (κ3) is 22.2. The molecule has 1 aliphatic carbocycles. The Hall–Kier alpha value is -6.50. The monoisotopic (exact) mass is 1370 g/mol. The van der Waals surface area contributed by atoms with E-state index in [0.29, 0.717) is 103 Å². The molecule has 0 bridgehead atoms. The van der Waals surface area contributed by atoms with Gasteiger partial charge in [-0.1, -0.05) is 77.9 Å². The first-order valence-corrected chi connectivity index (χ1v) is 37.1. The number of piperidine rings is 2. The van der Waals surface area contributed by atoms with Gasteiger partial charge in [-0.05, 0) is 122 Å². The number of aliphatic carboxylic acids is 1. The van der Waals surface area contributed by atoms with Crippen LogP contribution in [0.25, 0.3) is 33.5 Å². The van der Waals surface area contributed by atoms with Gasteiger partial charge in [-0.2, -0.15) is 20.1 Å². The molecule has 97 heavy (non-hydrogen) atoms. The Bertz CT molecular complexity index is 3360. The summed E-state index contributed by atoms with van der Waals surface area (Å²) < 4.78 is 36.5. The highest BCUT2D eigenvalue weighted by Crippen LogP contribution is 2.37. The quantitative estimate of drug-likeness (QED) is 0.0157. The Balaban J connectivity index is 0.000000209. The fraction of sp³-hybridized carbons (Fsp3) is 0.696. The molecule has 1 unspecified atom stereocenters. The number of anilines is 4. The fourth-order valence-electron chi connectivity index (χ4n) is 13.3. The average Bonchev–Trinajstić information content (AvgIpc) is 1.30. The van der Waals surface area contributed by atoms with Crippen LogP contribution in [-0.4, -0.2) is 224 Å². The lowest BCUT2D eigenvalue weighted by Gasteiger charge is -2.33. The van der Waals surface area contributed by atoms with Crippen molar-refractivity contribution in [3.63, 3.8) is 0 Å². The highest BCUT2D eigenvalue weighted by Gasteiger charge is 2.39. The number of sulfonamides is 1. The number of hydrogen-bond donors (Lipinski definition) is 9. The molecule has 0 amide bonds. The number of benzene rings is 1. The minimum absolute atomic E-state index is 0.0772. The second-order valence-corrected chi connectivity index (χ2v) is 27.7. The van der Waals surface area contributed by atoms with Crippen LogP contribution in [0.3, 0.4) is 0 Å². The van der Waals surface area contributed by atoms with Gasteiger partial charge in [-0.25, -0.2) is 23.1 Å². The molecule has 9 N–H and O–H groups in total. The summed E-state index contributed by atoms with van der Waals surface area (Å²) in [6.07, 6.45) is 22.7. The normalized spacial score (nSPS) is 18.8. The van der Waals surface area contributed by atoms with Crippen LogP contribution in [0.15, 0.2) is 40.0 Å². The lowest BCUT2D eigenvalue weighted by Crippen LogP contribution is -2.36. The van der Waals surface area contributed by atoms with Gasteiger partial charge in [0, 0.05) is 96.7 Å². The number of carbonyl (C=O) groups excluding carboxylic acids is 1. The maximum Gasteiger partial charge on any atom is 0.303 e. The van der Waals surface area contributed by atoms with Crippen molar-refractivity contribution in [1.82, 2.24) is 49.3 Å². The molecular weight excluding hydrogens is 1260 g/mol. The number of fused-ring (bicyclic) bond motifs is 2. The van der Waals surface area contributed by atoms with Gasteiger partial charge in [0.15, 0.2) is 17.2 Å². The number of aryl methyl sites for hydroxylation is 2. The number of ketones is 1. The van der Waals surface area contributed by atoms with Gasteiger partial charge in [0.25, 0.3) is 5.56 Å². The highest BCUT2D eigenvalue weighted by molar-refractivity contribution is 7.89. The lowest BCUT2D eigenvalue weighted by molar-refractivity contribution is -0.137. The zero-order chi connectivity index (χ0) is 69.9. The molecule has 7 heterocycles. The molecule has 3 saturated heterocycles. The summed E-state index contributed by atoms with van der Waals surface area (Å²) in [4.78, 5) is 73.2. The maximum atomic E-state index is 13.1. The Labute approximate surface area is 571 Å². The number of nitrogens with one attached hydrogen (secondary N) is 2. The van der Waals surface area contributed by atoms with E-state index >= 15 is 0 Å². The molecule has 9 rings (SSSR count). The predicted molar refractivity (Wildman–Crippen MR) is 377 cm³/mol. The zero-order valence-electron chi connectivity index (χ0n) is 58.0. The highest BCUT2D eigenvalue weighted by atomic mass is 32.2. The number of hydrogen-bond acceptors (Lipinski definition) is 23. The van der Waals surface area contributed by atoms with E-state index in [9.17, 15) is 53.4 Å². The number of aliphatic hydroxyl groups excluding tert-OH is 6. The van der Waals surface area contributed by atoms with E-state index in [-0.39, 0.29) is 67.6 Å². The van der Waals surface area contributed by atoms with E-state index in [0.717, 1.165) is 159 Å². The number of ether oxygens (including phenoxy) is 1. The molecule has 28 heteroatoms. The Kier molecular flexibility index (Phi) is 32.0. The maximum absolute atomic E-state index is 13.1. The van der Waals surface area contributed by atoms with E-state index in [1.165, 1.54) is 29.7 Å². The van der Waals surface area contributed by atoms with E-state index < -0.39 is 33.8 Å². The molecule has 5 aromatic rings. The van der Waals surface area contributed by atoms with Gasteiger partial charge in [-0.3, -0.25) is 19.1 Å². The van der Waals surface area contributed by atoms with Crippen molar-refractivity contribution in [2.45, 2.75) is 192 Å². The summed E-state index contributed by atoms with van der Waals surface area (Å²) in [5.74, 6) is 2.04. The summed E-state index contributed by atoms with van der Waals surface area (Å²) in [5.41, 5.74) is 3.08. The number of Topliss-reactive ketones (excluding diaryl/α,β-unsaturated/α-hetero) is 1. The Morgan fingerprint density at radius 1 is 0.753 bits per heavy atom. The summed E-state index contributed by atoms with van der Waals surface area (Å²) >= 11 is 0. The molecule has 0 spiro atoms. The van der Waals surface area contributed by atoms with Crippen LogP contribution in [0.4, 0.5) is 23.5 Å². The number of unbranched alkanes of at least 4 members (excludes halogenated alkanes) is 5. The summed E-state index contributed by atoms with van der Waals surface area (Å²) in [6.45, 7) is 12.4. The zero-order valence-corrected chi connectivity index (χ0v) is 58.8. The molecule has 5 atom stereocenters. The fourth-order valence-corrected chi connectivity index (χ4v) is 14.4. The van der Waals surface area contributed by atoms with Crippen LogP contribution in [0.2, 0.25) is 0 Å². The first kappa shape index (κ1) is 77.8. The number of carboxylic acids is 1. The third-order valence-electron chi connectivity index (χ3n) is 18.6. The van der Waals surface area contributed by atoms with Crippen molar-refractivity contribution in [1.29, 1.82) is 0 Å². The number of H-pyrrole nitrogens is 1. The van der Waals surface area contributed by atoms with Crippen molar-refractivity contribution in [2.75, 3.05) is 125 Å². The summed E-state index contributed by atoms with van der Waals surface area (Å²) in [6, 6.07) is 5.08. The SMILES string of the molecule is CCCCC[C@H](O)/C=C/[C@H]1[C@H](O)CC(=O)[C@@H]1CCCCCCC(=O)O.CCCOc1ccc(S(=O)(=O)NCCC2CCCN2C)cc1-c1nc(=O)c2c([nH]1)c(CCC)nn2C.OCCN(CCO)c1nc(N2CCCCC2)c2nc(N(CCO)CCO)nc(N3CCCCC3)c2n1. The van der Waals surface area contributed by atoms with Gasteiger partial charge in [0.05, 0.1) is 66.9 Å². The van der Waals surface area contributed by atoms with Crippen LogP contribution in [0, 0.1) is 11.8 Å². The Morgan fingerprint density at radius 2 is 1.36 bits per heavy atom. The predicted octanol–water partition coefficient (Wildman–Crippen LogP) is 6.29. The topological polar surface area (TPSA) is 362 Å². The number of aliphatic hydroxyl groups is 6. The second kappa shape index (κ2) is 39.9. The first-order valence-electron chi connectivity index (χ1n) is 35.6. The number of likely N-dealkylation sites (tertiary alicyclic amines) is 1. The number of carboxylic acid groups (broad SMARTS) is 1. The van der Waals surface area contributed by atoms with E-state index in [1.807, 2.05) is 19.9 Å². The number of rotatable bonds is 36. The van der Waals surface area contributed by atoms with Crippen LogP contribution in [0.5, 0.6) is 5.75 Å². The number of nitrogens with zero attached hydrogens (tertiary/aromatic N) is 12. The van der Waals surface area contributed by atoms with Crippen molar-refractivity contribution in [3.05, 3.63) is 46.4 Å². The van der Waals surface area contributed by atoms with Gasteiger partial charge in [0.1, 0.15) is 28.4 Å². The first-order chi connectivity index (χ1) is 46.9. The molecule has 3 aliphatic heterocycles. The minimum Gasteiger partial charge on any atom is -0.493 e. The number of aromatic nitrogens is 8. The smallest absolute Gasteiger partial charge is 0.303 e. The van der Waals surface area contributed by atoms with Gasteiger partial charge >= 0.3 is 5.97 Å². The standard InChI is InChI=1S/C25H36N6O4S.C24H40N8O4.C20H34O5/c1-5-8-20-22-23(31(4)29-20)25(32)28-24(27-22)19-16-18(10-11-21(19)35-15-6-2)36(33,34)26-13-12-17-9-7-14-30(17)3;33-15-11-31(12-16-34)23-26-20-19(21(27-23)29-7-3-1-4-8-29)25-24(32(13-17-35)14-18-36)28-22(20)30-9-5-2-6-10-30;1-2-3-6-9-15(21)12-13-17-16(18(22)14-19(17)23)10-7-4-5-8-11-20(24)25/h10-11,16-17,26H,5-9,12-15H2,1-4H3,(H,27,28,32);33-36H,1-18H2;12-13,15-17,19,21,23H,2-11,14H2,1H3,(H,24,25)/b;;13-12+/t;;15-,16+,17+,19+/m..0/s1. The van der Waals surface area contributed by atoms with E-state index in [4.69, 9.17) is 29.8 Å². The van der Waals surface area contributed by atoms with Gasteiger partial charge in [-0.15, -0.1) is 0 Å². The van der Waals surface area contributed by atoms with Gasteiger partial charge < -0.3 is 70.0 Å². The third-order valence-corrected chi connectivity index (χ3v) is 20.0. The Morgan fingerprint density at radius 3 is 1.91 bits per heavy atom. The van der Waals surface area contributed by atoms with Crippen molar-refractivity contribution in [3.8, 4) is 17.1 Å². The molecule has 4 aromatic heterocycles. The molecule has 1 saturated carbocycles. The molecule has 1 aromatic carbocycles. The average molecular weight is 1380 g/mol. The van der Waals surface area contributed by atoms with E-state index in [1.54, 1.807) is 29.0 Å². The molecular formula is C69H110N14O13S. The molecule has 0 radical (unpaired) electrons. The number of aromatic amines is 1. The second-order valence-electron chi connectivity index (χ2n) is 26.0. The number of carbonyl (C=O) groups is 2. The minimum atomic E-state index is -3.76. The largest absolute Gasteiger partial charge is 0.493 e. The molecule has 540 valence electrons. The molecule has 27 nitrogen and oxygen atoms in total. The van der Waals surface area contributed by atoms with Crippen molar-refractivity contribution < 1.29 is 58.5 Å². The van der Waals surface area contributed by atoms with E-state index in [2.05, 4.69) is 48.5 Å². The van der Waals surface area contributed by atoms with Crippen molar-refractivity contribution >= 4 is 67.4 Å². The molecule has 4 fully saturated rings. The van der Waals surface area contributed by atoms with Crippen molar-refractivity contribution in [2.24, 2.45) is 18.9 Å².